The third-order valence-corrected chi connectivity index (χ3v) is 2.91. The molecule has 0 fully saturated rings. The highest BCUT2D eigenvalue weighted by atomic mass is 32.2. The summed E-state index contributed by atoms with van der Waals surface area (Å²) in [5.74, 6) is 0. The molecule has 0 aliphatic heterocycles. The van der Waals surface area contributed by atoms with Gasteiger partial charge in [-0.1, -0.05) is 0 Å². The average molecular weight is 209 g/mol. The maximum atomic E-state index is 12.2. The molecule has 0 aromatic heterocycles. The van der Waals surface area contributed by atoms with E-state index in [2.05, 4.69) is 0 Å². The van der Waals surface area contributed by atoms with Gasteiger partial charge in [-0.3, -0.25) is 0 Å². The molecular weight excluding hydrogens is 202 g/mol. The molecule has 0 radical (unpaired) electrons. The molecule has 0 heterocycles. The highest BCUT2D eigenvalue weighted by molar-refractivity contribution is 7.90. The summed E-state index contributed by atoms with van der Waals surface area (Å²) in [5, 5.41) is -5.02. The summed E-state index contributed by atoms with van der Waals surface area (Å²) < 4.78 is 68.4. The quantitative estimate of drug-likeness (QED) is 0.643. The van der Waals surface area contributed by atoms with Crippen molar-refractivity contribution >= 4 is 10.0 Å². The average Bonchev–Trinajstić information content (AvgIpc) is 1.86. The minimum absolute atomic E-state index is 0.0547. The predicted molar refractivity (Wildman–Crippen MR) is 33.6 cm³/mol. The van der Waals surface area contributed by atoms with Crippen molar-refractivity contribution in [1.82, 2.24) is 4.31 Å². The van der Waals surface area contributed by atoms with Crippen LogP contribution in [0.25, 0.3) is 0 Å². The first-order valence-corrected chi connectivity index (χ1v) is 4.16. The minimum Gasteiger partial charge on any atom is -0.206 e. The molecule has 74 valence electrons. The van der Waals surface area contributed by atoms with Gasteiger partial charge in [0.25, 0.3) is 10.0 Å². The van der Waals surface area contributed by atoms with E-state index < -0.39 is 21.7 Å². The third-order valence-electron chi connectivity index (χ3n) is 1.08. The molecule has 3 nitrogen and oxygen atoms in total. The lowest BCUT2D eigenvalue weighted by atomic mass is 10.7. The Kier molecular flexibility index (Phi) is 3.07. The number of alkyl halides is 4. The zero-order valence-corrected chi connectivity index (χ0v) is 7.08. The molecule has 0 rings (SSSR count). The number of nitrogens with zero attached hydrogens (tertiary/aromatic N) is 1. The lowest BCUT2D eigenvalue weighted by Crippen LogP contribution is -2.43. The Balaban J connectivity index is 5.04. The second-order valence-corrected chi connectivity index (χ2v) is 4.37. The van der Waals surface area contributed by atoms with Gasteiger partial charge in [-0.2, -0.15) is 8.78 Å². The van der Waals surface area contributed by atoms with Crippen LogP contribution >= 0.6 is 0 Å². The SMILES string of the molecule is CN(C)S(=O)(=O)C(F)(F)C(F)F. The summed E-state index contributed by atoms with van der Waals surface area (Å²) >= 11 is 0. The maximum Gasteiger partial charge on any atom is 0.418 e. The normalized spacial score (nSPS) is 14.3. The Morgan fingerprint density at radius 2 is 1.58 bits per heavy atom. The fourth-order valence-corrected chi connectivity index (χ4v) is 1.07. The lowest BCUT2D eigenvalue weighted by molar-refractivity contribution is -0.0664. The Morgan fingerprint density at radius 3 is 1.67 bits per heavy atom. The summed E-state index contributed by atoms with van der Waals surface area (Å²) in [6.45, 7) is 0. The number of sulfonamides is 1. The third kappa shape index (κ3) is 1.69. The van der Waals surface area contributed by atoms with Crippen molar-refractivity contribution in [1.29, 1.82) is 0 Å². The van der Waals surface area contributed by atoms with Gasteiger partial charge in [0.05, 0.1) is 0 Å². The van der Waals surface area contributed by atoms with E-state index in [-0.39, 0.29) is 4.31 Å². The van der Waals surface area contributed by atoms with Gasteiger partial charge in [0.2, 0.25) is 0 Å². The number of rotatable bonds is 3. The van der Waals surface area contributed by atoms with Gasteiger partial charge in [-0.15, -0.1) is 0 Å². The summed E-state index contributed by atoms with van der Waals surface area (Å²) in [5.41, 5.74) is 0. The van der Waals surface area contributed by atoms with Crippen LogP contribution in [0, 0.1) is 0 Å². The van der Waals surface area contributed by atoms with E-state index in [1.165, 1.54) is 0 Å². The van der Waals surface area contributed by atoms with Crippen LogP contribution in [0.5, 0.6) is 0 Å². The van der Waals surface area contributed by atoms with Gasteiger partial charge < -0.3 is 0 Å². The van der Waals surface area contributed by atoms with Crippen molar-refractivity contribution in [2.75, 3.05) is 14.1 Å². The molecule has 0 saturated carbocycles. The lowest BCUT2D eigenvalue weighted by Gasteiger charge is -2.19. The molecule has 0 atom stereocenters. The van der Waals surface area contributed by atoms with Crippen LogP contribution in [0.3, 0.4) is 0 Å². The van der Waals surface area contributed by atoms with Crippen molar-refractivity contribution in [2.45, 2.75) is 11.7 Å². The molecule has 0 amide bonds. The van der Waals surface area contributed by atoms with Crippen LogP contribution in [-0.4, -0.2) is 38.5 Å². The van der Waals surface area contributed by atoms with Crippen LogP contribution in [0.4, 0.5) is 17.6 Å². The fourth-order valence-electron chi connectivity index (χ4n) is 0.356. The molecule has 0 aromatic rings. The van der Waals surface area contributed by atoms with Crippen molar-refractivity contribution < 1.29 is 26.0 Å². The van der Waals surface area contributed by atoms with Gasteiger partial charge in [-0.25, -0.2) is 21.5 Å². The first-order valence-electron chi connectivity index (χ1n) is 2.72. The molecule has 0 aliphatic carbocycles. The Bertz CT molecular complexity index is 248. The van der Waals surface area contributed by atoms with E-state index >= 15 is 0 Å². The highest BCUT2D eigenvalue weighted by Crippen LogP contribution is 2.30. The zero-order valence-electron chi connectivity index (χ0n) is 6.26. The monoisotopic (exact) mass is 209 g/mol. The van der Waals surface area contributed by atoms with E-state index in [0.29, 0.717) is 0 Å². The second kappa shape index (κ2) is 3.17. The Hall–Kier alpha value is -0.370. The topological polar surface area (TPSA) is 37.4 Å². The van der Waals surface area contributed by atoms with E-state index in [9.17, 15) is 26.0 Å². The van der Waals surface area contributed by atoms with E-state index in [4.69, 9.17) is 0 Å². The fraction of sp³-hybridized carbons (Fsp3) is 1.00. The van der Waals surface area contributed by atoms with Gasteiger partial charge in [-0.05, 0) is 0 Å². The van der Waals surface area contributed by atoms with Gasteiger partial charge in [0.1, 0.15) is 0 Å². The predicted octanol–water partition coefficient (Wildman–Crippen LogP) is 0.736. The number of hydrogen-bond acceptors (Lipinski definition) is 2. The van der Waals surface area contributed by atoms with E-state index in [1.807, 2.05) is 0 Å². The van der Waals surface area contributed by atoms with Crippen LogP contribution in [0.15, 0.2) is 0 Å². The Morgan fingerprint density at radius 1 is 1.25 bits per heavy atom. The molecule has 0 N–H and O–H groups in total. The molecule has 0 bridgehead atoms. The minimum atomic E-state index is -5.23. The summed E-state index contributed by atoms with van der Waals surface area (Å²) in [7, 11) is -3.71. The molecule has 8 heteroatoms. The van der Waals surface area contributed by atoms with Crippen LogP contribution in [0.1, 0.15) is 0 Å². The van der Waals surface area contributed by atoms with Crippen LogP contribution in [0.2, 0.25) is 0 Å². The molecule has 0 unspecified atom stereocenters. The molecule has 0 spiro atoms. The maximum absolute atomic E-state index is 12.2. The van der Waals surface area contributed by atoms with Crippen molar-refractivity contribution in [3.8, 4) is 0 Å². The van der Waals surface area contributed by atoms with Crippen LogP contribution in [-0.2, 0) is 10.0 Å². The Labute approximate surface area is 67.0 Å². The largest absolute Gasteiger partial charge is 0.418 e. The molecule has 0 saturated heterocycles. The zero-order chi connectivity index (χ0) is 10.2. The van der Waals surface area contributed by atoms with Gasteiger partial charge in [0.15, 0.2) is 0 Å². The highest BCUT2D eigenvalue weighted by Gasteiger charge is 2.55. The molecule has 12 heavy (non-hydrogen) atoms. The van der Waals surface area contributed by atoms with Crippen molar-refractivity contribution in [3.63, 3.8) is 0 Å². The number of halogens is 4. The summed E-state index contributed by atoms with van der Waals surface area (Å²) in [6.07, 6.45) is -4.22. The number of hydrogen-bond donors (Lipinski definition) is 0. The van der Waals surface area contributed by atoms with Crippen molar-refractivity contribution in [3.05, 3.63) is 0 Å². The van der Waals surface area contributed by atoms with Crippen molar-refractivity contribution in [2.24, 2.45) is 0 Å². The van der Waals surface area contributed by atoms with Crippen LogP contribution < -0.4 is 0 Å². The molecular formula is C4H7F4NO2S. The molecule has 0 aromatic carbocycles. The summed E-state index contributed by atoms with van der Waals surface area (Å²) in [4.78, 5) is 0. The van der Waals surface area contributed by atoms with Gasteiger partial charge >= 0.3 is 11.7 Å². The first-order chi connectivity index (χ1) is 5.14. The van der Waals surface area contributed by atoms with E-state index in [1.54, 1.807) is 0 Å². The second-order valence-electron chi connectivity index (χ2n) is 2.15. The van der Waals surface area contributed by atoms with Gasteiger partial charge in [0, 0.05) is 14.1 Å². The van der Waals surface area contributed by atoms with E-state index in [0.717, 1.165) is 14.1 Å². The standard InChI is InChI=1S/C4H7F4NO2S/c1-9(2)12(10,11)4(7,8)3(5)6/h3H,1-2H3. The molecule has 0 aliphatic rings. The smallest absolute Gasteiger partial charge is 0.206 e. The first kappa shape index (κ1) is 11.6. The summed E-state index contributed by atoms with van der Waals surface area (Å²) in [6, 6.07) is 0.